The number of aromatic carboxylic acids is 1. The minimum atomic E-state index is -1.27. The van der Waals surface area contributed by atoms with Crippen LogP contribution in [0.25, 0.3) is 5.69 Å². The van der Waals surface area contributed by atoms with Gasteiger partial charge in [0.05, 0.1) is 11.3 Å². The fourth-order valence-corrected chi connectivity index (χ4v) is 1.59. The second kappa shape index (κ2) is 4.10. The van der Waals surface area contributed by atoms with Crippen molar-refractivity contribution in [3.63, 3.8) is 0 Å². The molecule has 2 rings (SSSR count). The van der Waals surface area contributed by atoms with E-state index in [2.05, 4.69) is 0 Å². The van der Waals surface area contributed by atoms with Gasteiger partial charge in [-0.05, 0) is 18.2 Å². The van der Waals surface area contributed by atoms with Crippen molar-refractivity contribution in [2.24, 2.45) is 0 Å². The van der Waals surface area contributed by atoms with Crippen LogP contribution in [0, 0.1) is 17.1 Å². The molecule has 0 aliphatic heterocycles. The quantitative estimate of drug-likeness (QED) is 0.859. The Morgan fingerprint density at radius 2 is 2.06 bits per heavy atom. The molecule has 1 N–H and O–H groups in total. The predicted molar refractivity (Wildman–Crippen MR) is 57.4 cm³/mol. The highest BCUT2D eigenvalue weighted by Crippen LogP contribution is 2.19. The summed E-state index contributed by atoms with van der Waals surface area (Å²) in [7, 11) is 0. The molecule has 0 aliphatic rings. The topological polar surface area (TPSA) is 66.0 Å². The summed E-state index contributed by atoms with van der Waals surface area (Å²) >= 11 is 0. The fraction of sp³-hybridized carbons (Fsp3) is 0. The third-order valence-corrected chi connectivity index (χ3v) is 2.32. The predicted octanol–water partition coefficient (Wildman–Crippen LogP) is 2.19. The summed E-state index contributed by atoms with van der Waals surface area (Å²) in [4.78, 5) is 11.1. The first-order valence-corrected chi connectivity index (χ1v) is 4.75. The van der Waals surface area contributed by atoms with Gasteiger partial charge in [-0.15, -0.1) is 0 Å². The molecule has 0 amide bonds. The first-order chi connectivity index (χ1) is 8.15. The van der Waals surface area contributed by atoms with Crippen LogP contribution >= 0.6 is 0 Å². The summed E-state index contributed by atoms with van der Waals surface area (Å²) in [6.07, 6.45) is 1.36. The number of halogens is 1. The maximum absolute atomic E-state index is 13.5. The highest BCUT2D eigenvalue weighted by molar-refractivity contribution is 5.89. The number of hydrogen-bond acceptors (Lipinski definition) is 2. The number of carbonyl (C=O) groups is 1. The second-order valence-electron chi connectivity index (χ2n) is 3.32. The van der Waals surface area contributed by atoms with Crippen molar-refractivity contribution < 1.29 is 14.3 Å². The van der Waals surface area contributed by atoms with Crippen molar-refractivity contribution in [2.45, 2.75) is 0 Å². The van der Waals surface area contributed by atoms with Gasteiger partial charge in [0, 0.05) is 6.20 Å². The van der Waals surface area contributed by atoms with Gasteiger partial charge in [-0.1, -0.05) is 12.1 Å². The maximum atomic E-state index is 13.5. The molecule has 5 heteroatoms. The van der Waals surface area contributed by atoms with E-state index in [0.29, 0.717) is 0 Å². The molecule has 2 aromatic rings. The molecule has 1 aromatic carbocycles. The lowest BCUT2D eigenvalue weighted by molar-refractivity contribution is 0.0688. The summed E-state index contributed by atoms with van der Waals surface area (Å²) in [5.41, 5.74) is -0.134. The third-order valence-electron chi connectivity index (χ3n) is 2.32. The van der Waals surface area contributed by atoms with Crippen molar-refractivity contribution in [3.8, 4) is 11.8 Å². The Morgan fingerprint density at radius 3 is 2.65 bits per heavy atom. The van der Waals surface area contributed by atoms with Gasteiger partial charge in [-0.3, -0.25) is 0 Å². The van der Waals surface area contributed by atoms with Gasteiger partial charge in [0.25, 0.3) is 0 Å². The summed E-state index contributed by atoms with van der Waals surface area (Å²) in [6.45, 7) is 0. The number of carboxylic acids is 1. The molecule has 0 aliphatic carbocycles. The Balaban J connectivity index is 2.70. The van der Waals surface area contributed by atoms with Crippen LogP contribution in [0.3, 0.4) is 0 Å². The molecular weight excluding hydrogens is 223 g/mol. The third kappa shape index (κ3) is 1.76. The summed E-state index contributed by atoms with van der Waals surface area (Å²) in [5.74, 6) is -1.81. The highest BCUT2D eigenvalue weighted by atomic mass is 19.1. The average Bonchev–Trinajstić information content (AvgIpc) is 2.73. The SMILES string of the molecule is N#Cc1ccn(-c2ccccc2F)c1C(=O)O. The molecule has 4 nitrogen and oxygen atoms in total. The number of carboxylic acid groups (broad SMARTS) is 1. The first kappa shape index (κ1) is 10.9. The van der Waals surface area contributed by atoms with Crippen molar-refractivity contribution in [2.75, 3.05) is 0 Å². The van der Waals surface area contributed by atoms with E-state index in [0.717, 1.165) is 4.57 Å². The first-order valence-electron chi connectivity index (χ1n) is 4.75. The van der Waals surface area contributed by atoms with Crippen molar-refractivity contribution in [1.29, 1.82) is 5.26 Å². The Kier molecular flexibility index (Phi) is 2.63. The van der Waals surface area contributed by atoms with Crippen LogP contribution in [0.1, 0.15) is 16.1 Å². The lowest BCUT2D eigenvalue weighted by Gasteiger charge is -2.07. The Hall–Kier alpha value is -2.61. The molecule has 0 radical (unpaired) electrons. The van der Waals surface area contributed by atoms with Crippen molar-refractivity contribution in [3.05, 3.63) is 53.6 Å². The molecule has 0 bridgehead atoms. The number of aromatic nitrogens is 1. The molecule has 0 saturated heterocycles. The Morgan fingerprint density at radius 1 is 1.35 bits per heavy atom. The summed E-state index contributed by atoms with van der Waals surface area (Å²) < 4.78 is 14.7. The van der Waals surface area contributed by atoms with E-state index in [4.69, 9.17) is 10.4 Å². The number of para-hydroxylation sites is 1. The normalized spacial score (nSPS) is 9.88. The fourth-order valence-electron chi connectivity index (χ4n) is 1.59. The van der Waals surface area contributed by atoms with Gasteiger partial charge < -0.3 is 9.67 Å². The zero-order chi connectivity index (χ0) is 12.4. The largest absolute Gasteiger partial charge is 0.477 e. The second-order valence-corrected chi connectivity index (χ2v) is 3.32. The van der Waals surface area contributed by atoms with Gasteiger partial charge >= 0.3 is 5.97 Å². The molecule has 84 valence electrons. The van der Waals surface area contributed by atoms with E-state index in [1.807, 2.05) is 0 Å². The van der Waals surface area contributed by atoms with Crippen molar-refractivity contribution in [1.82, 2.24) is 4.57 Å². The maximum Gasteiger partial charge on any atom is 0.354 e. The number of nitrogens with zero attached hydrogens (tertiary/aromatic N) is 2. The van der Waals surface area contributed by atoms with E-state index in [1.54, 1.807) is 12.1 Å². The zero-order valence-electron chi connectivity index (χ0n) is 8.59. The number of benzene rings is 1. The van der Waals surface area contributed by atoms with Gasteiger partial charge in [-0.25, -0.2) is 9.18 Å². The van der Waals surface area contributed by atoms with Crippen LogP contribution in [0.2, 0.25) is 0 Å². The van der Waals surface area contributed by atoms with Gasteiger partial charge in [-0.2, -0.15) is 5.26 Å². The monoisotopic (exact) mass is 230 g/mol. The van der Waals surface area contributed by atoms with Crippen LogP contribution in [0.5, 0.6) is 0 Å². The summed E-state index contributed by atoms with van der Waals surface area (Å²) in [5, 5.41) is 17.8. The number of nitriles is 1. The molecule has 0 fully saturated rings. The van der Waals surface area contributed by atoms with Crippen LogP contribution in [0.15, 0.2) is 36.5 Å². The average molecular weight is 230 g/mol. The molecular formula is C12H7FN2O2. The van der Waals surface area contributed by atoms with Gasteiger partial charge in [0.1, 0.15) is 17.6 Å². The molecule has 0 unspecified atom stereocenters. The zero-order valence-corrected chi connectivity index (χ0v) is 8.59. The van der Waals surface area contributed by atoms with Gasteiger partial charge in [0.2, 0.25) is 0 Å². The van der Waals surface area contributed by atoms with Gasteiger partial charge in [0.15, 0.2) is 0 Å². The molecule has 1 aromatic heterocycles. The molecule has 0 saturated carbocycles. The minimum Gasteiger partial charge on any atom is -0.477 e. The smallest absolute Gasteiger partial charge is 0.354 e. The highest BCUT2D eigenvalue weighted by Gasteiger charge is 2.18. The standard InChI is InChI=1S/C12H7FN2O2/c13-9-3-1-2-4-10(9)15-6-5-8(7-14)11(15)12(16)17/h1-6H,(H,16,17). The van der Waals surface area contributed by atoms with Crippen LogP contribution in [-0.4, -0.2) is 15.6 Å². The van der Waals surface area contributed by atoms with Crippen LogP contribution < -0.4 is 0 Å². The molecule has 0 atom stereocenters. The van der Waals surface area contributed by atoms with E-state index in [1.165, 1.54) is 30.5 Å². The van der Waals surface area contributed by atoms with Crippen LogP contribution in [0.4, 0.5) is 4.39 Å². The van der Waals surface area contributed by atoms with E-state index in [9.17, 15) is 9.18 Å². The van der Waals surface area contributed by atoms with E-state index >= 15 is 0 Å². The number of rotatable bonds is 2. The lowest BCUT2D eigenvalue weighted by atomic mass is 10.2. The van der Waals surface area contributed by atoms with Crippen molar-refractivity contribution >= 4 is 5.97 Å². The Labute approximate surface area is 96.2 Å². The lowest BCUT2D eigenvalue weighted by Crippen LogP contribution is -2.08. The molecule has 1 heterocycles. The molecule has 0 spiro atoms. The van der Waals surface area contributed by atoms with Crippen LogP contribution in [-0.2, 0) is 0 Å². The minimum absolute atomic E-state index is 0.000697. The summed E-state index contributed by atoms with van der Waals surface area (Å²) in [6, 6.07) is 8.88. The van der Waals surface area contributed by atoms with E-state index in [-0.39, 0.29) is 16.9 Å². The molecule has 17 heavy (non-hydrogen) atoms. The van der Waals surface area contributed by atoms with E-state index < -0.39 is 11.8 Å². The number of hydrogen-bond donors (Lipinski definition) is 1. The Bertz CT molecular complexity index is 626.